The zero-order valence-electron chi connectivity index (χ0n) is 18.7. The van der Waals surface area contributed by atoms with Crippen LogP contribution < -0.4 is 14.8 Å². The minimum absolute atomic E-state index is 0.0506. The molecule has 2 aromatic rings. The molecule has 2 aromatic carbocycles. The largest absolute Gasteiger partial charge is 0.513 e. The predicted molar refractivity (Wildman–Crippen MR) is 119 cm³/mol. The Kier molecular flexibility index (Phi) is 8.12. The highest BCUT2D eigenvalue weighted by molar-refractivity contribution is 5.94. The Morgan fingerprint density at radius 2 is 1.64 bits per heavy atom. The number of benzene rings is 2. The fourth-order valence-corrected chi connectivity index (χ4v) is 3.47. The molecule has 1 heterocycles. The number of ether oxygens (including phenoxy) is 3. The van der Waals surface area contributed by atoms with E-state index in [0.29, 0.717) is 43.0 Å². The molecule has 1 unspecified atom stereocenters. The van der Waals surface area contributed by atoms with Crippen LogP contribution >= 0.6 is 0 Å². The van der Waals surface area contributed by atoms with Gasteiger partial charge in [0.25, 0.3) is 11.8 Å². The predicted octanol–water partition coefficient (Wildman–Crippen LogP) is 3.12. The first-order chi connectivity index (χ1) is 15.9. The van der Waals surface area contributed by atoms with Crippen molar-refractivity contribution in [3.8, 4) is 17.2 Å². The van der Waals surface area contributed by atoms with Gasteiger partial charge in [0.1, 0.15) is 17.2 Å². The minimum atomic E-state index is -0.793. The fraction of sp³-hybridized carbons (Fsp3) is 0.375. The van der Waals surface area contributed by atoms with E-state index in [1.54, 1.807) is 43.0 Å². The summed E-state index contributed by atoms with van der Waals surface area (Å²) >= 11 is 0. The second-order valence-electron chi connectivity index (χ2n) is 7.64. The van der Waals surface area contributed by atoms with Gasteiger partial charge in [-0.05, 0) is 75.2 Å². The number of hydrogen-bond acceptors (Lipinski definition) is 7. The molecule has 176 valence electrons. The number of carbonyl (C=O) groups is 3. The minimum Gasteiger partial charge on any atom is -0.508 e. The summed E-state index contributed by atoms with van der Waals surface area (Å²) in [5, 5.41) is 12.3. The highest BCUT2D eigenvalue weighted by Gasteiger charge is 2.28. The van der Waals surface area contributed by atoms with E-state index >= 15 is 0 Å². The van der Waals surface area contributed by atoms with Gasteiger partial charge in [0, 0.05) is 24.7 Å². The van der Waals surface area contributed by atoms with Crippen molar-refractivity contribution >= 4 is 18.0 Å². The molecule has 1 saturated heterocycles. The van der Waals surface area contributed by atoms with Crippen LogP contribution in [0.2, 0.25) is 0 Å². The van der Waals surface area contributed by atoms with Gasteiger partial charge in [-0.3, -0.25) is 9.59 Å². The quantitative estimate of drug-likeness (QED) is 0.486. The van der Waals surface area contributed by atoms with Crippen molar-refractivity contribution in [1.82, 2.24) is 10.2 Å². The first kappa shape index (κ1) is 23.9. The van der Waals surface area contributed by atoms with Gasteiger partial charge in [-0.15, -0.1) is 0 Å². The SMILES string of the molecule is CCOC(=O)Oc1ccc(C(=O)NC2CCN(C(=O)C(C)Oc3ccc(O)cc3)CC2)cc1. The lowest BCUT2D eigenvalue weighted by Gasteiger charge is -2.33. The topological polar surface area (TPSA) is 114 Å². The van der Waals surface area contributed by atoms with Crippen LogP contribution in [0.3, 0.4) is 0 Å². The van der Waals surface area contributed by atoms with Gasteiger partial charge in [0.2, 0.25) is 0 Å². The zero-order chi connectivity index (χ0) is 23.8. The third-order valence-corrected chi connectivity index (χ3v) is 5.22. The summed E-state index contributed by atoms with van der Waals surface area (Å²) in [6.45, 7) is 4.62. The molecular formula is C24H28N2O7. The molecule has 9 nitrogen and oxygen atoms in total. The highest BCUT2D eigenvalue weighted by Crippen LogP contribution is 2.19. The monoisotopic (exact) mass is 456 g/mol. The summed E-state index contributed by atoms with van der Waals surface area (Å²) in [7, 11) is 0. The van der Waals surface area contributed by atoms with Gasteiger partial charge in [-0.1, -0.05) is 0 Å². The van der Waals surface area contributed by atoms with E-state index in [0.717, 1.165) is 0 Å². The second kappa shape index (κ2) is 11.2. The lowest BCUT2D eigenvalue weighted by atomic mass is 10.0. The average Bonchev–Trinajstić information content (AvgIpc) is 2.81. The van der Waals surface area contributed by atoms with Crippen molar-refractivity contribution in [3.63, 3.8) is 0 Å². The normalized spacial score (nSPS) is 14.8. The number of nitrogens with zero attached hydrogens (tertiary/aromatic N) is 1. The van der Waals surface area contributed by atoms with E-state index in [4.69, 9.17) is 14.2 Å². The van der Waals surface area contributed by atoms with Gasteiger partial charge in [0.15, 0.2) is 6.10 Å². The fourth-order valence-electron chi connectivity index (χ4n) is 3.47. The molecule has 1 atom stereocenters. The van der Waals surface area contributed by atoms with Crippen LogP contribution in [0.25, 0.3) is 0 Å². The molecule has 1 aliphatic rings. The van der Waals surface area contributed by atoms with Crippen molar-refractivity contribution < 1.29 is 33.7 Å². The smallest absolute Gasteiger partial charge is 0.508 e. The third kappa shape index (κ3) is 6.86. The Hall–Kier alpha value is -3.75. The van der Waals surface area contributed by atoms with E-state index in [2.05, 4.69) is 5.32 Å². The Morgan fingerprint density at radius 1 is 1.03 bits per heavy atom. The Bertz CT molecular complexity index is 952. The molecule has 2 N–H and O–H groups in total. The average molecular weight is 456 g/mol. The zero-order valence-corrected chi connectivity index (χ0v) is 18.7. The van der Waals surface area contributed by atoms with Gasteiger partial charge < -0.3 is 29.5 Å². The van der Waals surface area contributed by atoms with Gasteiger partial charge >= 0.3 is 6.16 Å². The van der Waals surface area contributed by atoms with E-state index < -0.39 is 12.3 Å². The molecule has 2 amide bonds. The van der Waals surface area contributed by atoms with Crippen LogP contribution in [0.5, 0.6) is 17.2 Å². The van der Waals surface area contributed by atoms with Crippen molar-refractivity contribution in [3.05, 3.63) is 54.1 Å². The molecule has 0 spiro atoms. The summed E-state index contributed by atoms with van der Waals surface area (Å²) < 4.78 is 15.4. The molecule has 0 aliphatic carbocycles. The number of likely N-dealkylation sites (tertiary alicyclic amines) is 1. The lowest BCUT2D eigenvalue weighted by Crippen LogP contribution is -2.49. The maximum Gasteiger partial charge on any atom is 0.513 e. The van der Waals surface area contributed by atoms with E-state index in [9.17, 15) is 19.5 Å². The molecule has 33 heavy (non-hydrogen) atoms. The summed E-state index contributed by atoms with van der Waals surface area (Å²) in [4.78, 5) is 38.3. The van der Waals surface area contributed by atoms with Crippen molar-refractivity contribution in [2.45, 2.75) is 38.8 Å². The molecule has 0 radical (unpaired) electrons. The first-order valence-corrected chi connectivity index (χ1v) is 10.9. The molecule has 1 aliphatic heterocycles. The summed E-state index contributed by atoms with van der Waals surface area (Å²) in [5.41, 5.74) is 0.445. The number of piperidine rings is 1. The highest BCUT2D eigenvalue weighted by atomic mass is 16.7. The summed E-state index contributed by atoms with van der Waals surface area (Å²) in [6, 6.07) is 12.4. The maximum absolute atomic E-state index is 12.7. The lowest BCUT2D eigenvalue weighted by molar-refractivity contribution is -0.139. The summed E-state index contributed by atoms with van der Waals surface area (Å²) in [6.07, 6.45) is -0.184. The number of amides is 2. The van der Waals surface area contributed by atoms with E-state index in [1.165, 1.54) is 24.3 Å². The molecular weight excluding hydrogens is 428 g/mol. The molecule has 1 fully saturated rings. The van der Waals surface area contributed by atoms with Gasteiger partial charge in [-0.25, -0.2) is 4.79 Å². The third-order valence-electron chi connectivity index (χ3n) is 5.22. The Labute approximate surface area is 192 Å². The second-order valence-corrected chi connectivity index (χ2v) is 7.64. The number of phenolic OH excluding ortho intramolecular Hbond substituents is 1. The number of carbonyl (C=O) groups excluding carboxylic acids is 3. The van der Waals surface area contributed by atoms with Crippen molar-refractivity contribution in [2.24, 2.45) is 0 Å². The van der Waals surface area contributed by atoms with Crippen LogP contribution in [-0.4, -0.2) is 59.8 Å². The Morgan fingerprint density at radius 3 is 2.24 bits per heavy atom. The number of aromatic hydroxyl groups is 1. The van der Waals surface area contributed by atoms with Crippen LogP contribution in [0, 0.1) is 0 Å². The maximum atomic E-state index is 12.7. The van der Waals surface area contributed by atoms with E-state index in [-0.39, 0.29) is 30.2 Å². The van der Waals surface area contributed by atoms with E-state index in [1.807, 2.05) is 0 Å². The molecule has 0 aromatic heterocycles. The number of rotatable bonds is 7. The molecule has 3 rings (SSSR count). The van der Waals surface area contributed by atoms with Crippen LogP contribution in [0.4, 0.5) is 4.79 Å². The molecule has 0 saturated carbocycles. The standard InChI is InChI=1S/C24H28N2O7/c1-3-31-24(30)33-21-8-4-17(5-9-21)22(28)25-18-12-14-26(15-13-18)23(29)16(2)32-20-10-6-19(27)7-11-20/h4-11,16,18,27H,3,12-15H2,1-2H3,(H,25,28). The van der Waals surface area contributed by atoms with Crippen LogP contribution in [-0.2, 0) is 9.53 Å². The van der Waals surface area contributed by atoms with Crippen LogP contribution in [0.15, 0.2) is 48.5 Å². The van der Waals surface area contributed by atoms with Gasteiger partial charge in [0.05, 0.1) is 6.61 Å². The van der Waals surface area contributed by atoms with Crippen molar-refractivity contribution in [1.29, 1.82) is 0 Å². The van der Waals surface area contributed by atoms with Crippen molar-refractivity contribution in [2.75, 3.05) is 19.7 Å². The van der Waals surface area contributed by atoms with Gasteiger partial charge in [-0.2, -0.15) is 0 Å². The molecule has 0 bridgehead atoms. The van der Waals surface area contributed by atoms with Crippen LogP contribution in [0.1, 0.15) is 37.0 Å². The first-order valence-electron chi connectivity index (χ1n) is 10.9. The number of nitrogens with one attached hydrogen (secondary N) is 1. The molecule has 9 heteroatoms. The number of phenols is 1. The number of hydrogen-bond donors (Lipinski definition) is 2. The Balaban J connectivity index is 1.44. The summed E-state index contributed by atoms with van der Waals surface area (Å²) in [5.74, 6) is 0.581.